The van der Waals surface area contributed by atoms with E-state index in [2.05, 4.69) is 0 Å². The number of aliphatic hydroxyl groups is 1. The van der Waals surface area contributed by atoms with E-state index in [4.69, 9.17) is 9.31 Å². The standard InChI is InChI=1S/C16H23BO4/c1-11-12(7-6-8-14(11)19)9-13(10-18)17-20-15(2,3)16(4,5)21-17/h6-9,18-19H,10H2,1-5H3. The van der Waals surface area contributed by atoms with Gasteiger partial charge < -0.3 is 19.5 Å². The van der Waals surface area contributed by atoms with Gasteiger partial charge in [-0.1, -0.05) is 18.2 Å². The third-order valence-electron chi connectivity index (χ3n) is 4.43. The molecule has 5 heteroatoms. The van der Waals surface area contributed by atoms with Crippen LogP contribution in [0, 0.1) is 6.92 Å². The van der Waals surface area contributed by atoms with Gasteiger partial charge in [-0.15, -0.1) is 0 Å². The normalized spacial score (nSPS) is 20.9. The van der Waals surface area contributed by atoms with Crippen molar-refractivity contribution in [2.45, 2.75) is 45.8 Å². The molecule has 21 heavy (non-hydrogen) atoms. The van der Waals surface area contributed by atoms with Crippen molar-refractivity contribution in [3.63, 3.8) is 0 Å². The summed E-state index contributed by atoms with van der Waals surface area (Å²) in [6, 6.07) is 5.30. The molecular weight excluding hydrogens is 267 g/mol. The third kappa shape index (κ3) is 3.00. The number of aliphatic hydroxyl groups excluding tert-OH is 1. The predicted octanol–water partition coefficient (Wildman–Crippen LogP) is 2.71. The van der Waals surface area contributed by atoms with Crippen LogP contribution in [0.4, 0.5) is 0 Å². The Morgan fingerprint density at radius 2 is 1.76 bits per heavy atom. The minimum Gasteiger partial charge on any atom is -0.508 e. The van der Waals surface area contributed by atoms with E-state index in [0.717, 1.165) is 11.1 Å². The lowest BCUT2D eigenvalue weighted by molar-refractivity contribution is 0.00578. The summed E-state index contributed by atoms with van der Waals surface area (Å²) in [6.45, 7) is 9.57. The average molecular weight is 290 g/mol. The van der Waals surface area contributed by atoms with Gasteiger partial charge in [-0.25, -0.2) is 0 Å². The average Bonchev–Trinajstić information content (AvgIpc) is 2.60. The van der Waals surface area contributed by atoms with Crippen molar-refractivity contribution < 1.29 is 19.5 Å². The van der Waals surface area contributed by atoms with E-state index in [1.54, 1.807) is 12.1 Å². The number of phenols is 1. The Hall–Kier alpha value is -1.30. The van der Waals surface area contributed by atoms with E-state index in [1.807, 2.05) is 46.8 Å². The first-order valence-electron chi connectivity index (χ1n) is 7.13. The molecule has 1 fully saturated rings. The van der Waals surface area contributed by atoms with Crippen molar-refractivity contribution >= 4 is 13.2 Å². The van der Waals surface area contributed by atoms with Crippen LogP contribution < -0.4 is 0 Å². The Morgan fingerprint density at radius 1 is 1.19 bits per heavy atom. The second-order valence-corrected chi connectivity index (χ2v) is 6.46. The minimum absolute atomic E-state index is 0.161. The maximum atomic E-state index is 9.76. The van der Waals surface area contributed by atoms with Crippen molar-refractivity contribution in [3.05, 3.63) is 34.8 Å². The molecule has 4 nitrogen and oxygen atoms in total. The summed E-state index contributed by atoms with van der Waals surface area (Å²) in [5, 5.41) is 19.4. The number of hydrogen-bond donors (Lipinski definition) is 2. The quantitative estimate of drug-likeness (QED) is 0.840. The van der Waals surface area contributed by atoms with Crippen LogP contribution in [0.15, 0.2) is 23.7 Å². The minimum atomic E-state index is -0.582. The lowest BCUT2D eigenvalue weighted by Crippen LogP contribution is -2.41. The van der Waals surface area contributed by atoms with Crippen LogP contribution in [0.2, 0.25) is 0 Å². The van der Waals surface area contributed by atoms with Gasteiger partial charge in [0.1, 0.15) is 5.75 Å². The molecule has 2 N–H and O–H groups in total. The maximum absolute atomic E-state index is 9.76. The molecule has 1 aromatic carbocycles. The van der Waals surface area contributed by atoms with Gasteiger partial charge in [-0.3, -0.25) is 0 Å². The molecule has 1 aromatic rings. The van der Waals surface area contributed by atoms with Crippen LogP contribution in [0.25, 0.3) is 6.08 Å². The van der Waals surface area contributed by atoms with Crippen molar-refractivity contribution in [3.8, 4) is 5.75 Å². The van der Waals surface area contributed by atoms with Gasteiger partial charge in [0.25, 0.3) is 0 Å². The lowest BCUT2D eigenvalue weighted by atomic mass is 9.77. The van der Waals surface area contributed by atoms with Gasteiger partial charge in [0.05, 0.1) is 17.8 Å². The van der Waals surface area contributed by atoms with Crippen molar-refractivity contribution in [1.29, 1.82) is 0 Å². The SMILES string of the molecule is Cc1c(O)cccc1C=C(CO)B1OC(C)(C)C(C)(C)O1. The first kappa shape index (κ1) is 16.1. The van der Waals surface area contributed by atoms with Gasteiger partial charge in [0, 0.05) is 0 Å². The van der Waals surface area contributed by atoms with Crippen molar-refractivity contribution in [2.75, 3.05) is 6.61 Å². The highest BCUT2D eigenvalue weighted by Gasteiger charge is 2.52. The zero-order valence-corrected chi connectivity index (χ0v) is 13.3. The van der Waals surface area contributed by atoms with E-state index in [0.29, 0.717) is 5.47 Å². The first-order valence-corrected chi connectivity index (χ1v) is 7.13. The van der Waals surface area contributed by atoms with Crippen LogP contribution in [0.3, 0.4) is 0 Å². The first-order chi connectivity index (χ1) is 9.68. The highest BCUT2D eigenvalue weighted by Crippen LogP contribution is 2.39. The molecule has 1 saturated heterocycles. The van der Waals surface area contributed by atoms with Gasteiger partial charge >= 0.3 is 7.12 Å². The summed E-state index contributed by atoms with van der Waals surface area (Å²) < 4.78 is 11.9. The van der Waals surface area contributed by atoms with Crippen LogP contribution in [-0.2, 0) is 9.31 Å². The summed E-state index contributed by atoms with van der Waals surface area (Å²) in [5.41, 5.74) is 1.36. The molecule has 0 spiro atoms. The number of rotatable bonds is 3. The Kier molecular flexibility index (Phi) is 4.20. The molecule has 2 rings (SSSR count). The summed E-state index contributed by atoms with van der Waals surface area (Å²) in [6.07, 6.45) is 1.82. The van der Waals surface area contributed by atoms with E-state index >= 15 is 0 Å². The molecule has 0 radical (unpaired) electrons. The monoisotopic (exact) mass is 290 g/mol. The summed E-state index contributed by atoms with van der Waals surface area (Å²) in [7, 11) is -0.582. The van der Waals surface area contributed by atoms with Crippen LogP contribution in [-0.4, -0.2) is 35.1 Å². The zero-order chi connectivity index (χ0) is 15.8. The highest BCUT2D eigenvalue weighted by atomic mass is 16.7. The number of benzene rings is 1. The van der Waals surface area contributed by atoms with E-state index in [1.165, 1.54) is 0 Å². The molecule has 0 saturated carbocycles. The fourth-order valence-corrected chi connectivity index (χ4v) is 2.18. The smallest absolute Gasteiger partial charge is 0.492 e. The number of hydrogen-bond acceptors (Lipinski definition) is 4. The van der Waals surface area contributed by atoms with Crippen LogP contribution in [0.1, 0.15) is 38.8 Å². The maximum Gasteiger partial charge on any atom is 0.492 e. The van der Waals surface area contributed by atoms with Crippen LogP contribution in [0.5, 0.6) is 5.75 Å². The molecule has 1 heterocycles. The zero-order valence-electron chi connectivity index (χ0n) is 13.3. The second kappa shape index (κ2) is 5.48. The molecule has 0 aliphatic carbocycles. The fraction of sp³-hybridized carbons (Fsp3) is 0.500. The van der Waals surface area contributed by atoms with Crippen molar-refractivity contribution in [2.24, 2.45) is 0 Å². The fourth-order valence-electron chi connectivity index (χ4n) is 2.18. The molecule has 0 unspecified atom stereocenters. The van der Waals surface area contributed by atoms with Gasteiger partial charge in [-0.05, 0) is 57.3 Å². The Labute approximate surface area is 126 Å². The number of phenolic OH excluding ortho intramolecular Hbond substituents is 1. The molecule has 114 valence electrons. The summed E-state index contributed by atoms with van der Waals surface area (Å²) >= 11 is 0. The van der Waals surface area contributed by atoms with Crippen LogP contribution >= 0.6 is 0 Å². The van der Waals surface area contributed by atoms with Gasteiger partial charge in [0.15, 0.2) is 0 Å². The molecular formula is C16H23BO4. The van der Waals surface area contributed by atoms with Gasteiger partial charge in [0.2, 0.25) is 0 Å². The Balaban J connectivity index is 2.33. The van der Waals surface area contributed by atoms with E-state index in [9.17, 15) is 10.2 Å². The Morgan fingerprint density at radius 3 is 2.29 bits per heavy atom. The lowest BCUT2D eigenvalue weighted by Gasteiger charge is -2.32. The molecule has 1 aliphatic rings. The highest BCUT2D eigenvalue weighted by molar-refractivity contribution is 6.55. The summed E-state index contributed by atoms with van der Waals surface area (Å²) in [5.74, 6) is 0.231. The van der Waals surface area contributed by atoms with E-state index in [-0.39, 0.29) is 12.4 Å². The third-order valence-corrected chi connectivity index (χ3v) is 4.43. The van der Waals surface area contributed by atoms with Gasteiger partial charge in [-0.2, -0.15) is 0 Å². The predicted molar refractivity (Wildman–Crippen MR) is 84.0 cm³/mol. The second-order valence-electron chi connectivity index (χ2n) is 6.46. The molecule has 0 aromatic heterocycles. The molecule has 0 bridgehead atoms. The topological polar surface area (TPSA) is 58.9 Å². The van der Waals surface area contributed by atoms with Crippen molar-refractivity contribution in [1.82, 2.24) is 0 Å². The molecule has 0 amide bonds. The van der Waals surface area contributed by atoms with E-state index < -0.39 is 18.3 Å². The molecule has 0 atom stereocenters. The summed E-state index contributed by atoms with van der Waals surface area (Å²) in [4.78, 5) is 0. The largest absolute Gasteiger partial charge is 0.508 e. The Bertz CT molecular complexity index is 547. The number of aromatic hydroxyl groups is 1. The molecule has 1 aliphatic heterocycles.